The van der Waals surface area contributed by atoms with E-state index in [0.29, 0.717) is 0 Å². The molecule has 0 aliphatic heterocycles. The van der Waals surface area contributed by atoms with E-state index in [2.05, 4.69) is 11.6 Å². The van der Waals surface area contributed by atoms with Crippen LogP contribution in [0.15, 0.2) is 24.9 Å². The Balaban J connectivity index is 3.09. The van der Waals surface area contributed by atoms with Crippen LogP contribution in [0.3, 0.4) is 0 Å². The smallest absolute Gasteiger partial charge is 0.257 e. The molecule has 0 radical (unpaired) electrons. The van der Waals surface area contributed by atoms with Gasteiger partial charge in [0.15, 0.2) is 5.82 Å². The minimum atomic E-state index is -1.27. The molecular formula is C12H14F2N2O. The number of aromatic nitrogens is 1. The zero-order chi connectivity index (χ0) is 13.0. The van der Waals surface area contributed by atoms with Gasteiger partial charge in [-0.15, -0.1) is 6.58 Å². The number of hydrogen-bond donors (Lipinski definition) is 0. The van der Waals surface area contributed by atoms with Gasteiger partial charge >= 0.3 is 0 Å². The van der Waals surface area contributed by atoms with E-state index in [1.807, 2.05) is 0 Å². The van der Waals surface area contributed by atoms with Crippen molar-refractivity contribution in [2.75, 3.05) is 6.54 Å². The largest absolute Gasteiger partial charge is 0.332 e. The van der Waals surface area contributed by atoms with Crippen LogP contribution in [-0.4, -0.2) is 28.4 Å². The molecule has 0 unspecified atom stereocenters. The minimum Gasteiger partial charge on any atom is -0.332 e. The number of halogens is 2. The molecule has 1 heterocycles. The topological polar surface area (TPSA) is 33.2 Å². The lowest BCUT2D eigenvalue weighted by atomic mass is 10.2. The first-order valence-electron chi connectivity index (χ1n) is 5.21. The Hall–Kier alpha value is -1.78. The zero-order valence-corrected chi connectivity index (χ0v) is 9.78. The summed E-state index contributed by atoms with van der Waals surface area (Å²) < 4.78 is 26.3. The van der Waals surface area contributed by atoms with E-state index < -0.39 is 17.7 Å². The fourth-order valence-corrected chi connectivity index (χ4v) is 1.41. The van der Waals surface area contributed by atoms with Gasteiger partial charge in [0.1, 0.15) is 0 Å². The minimum absolute atomic E-state index is 0.129. The number of carbonyl (C=O) groups excluding carboxylic acids is 1. The van der Waals surface area contributed by atoms with Crippen LogP contribution in [0.1, 0.15) is 24.2 Å². The highest BCUT2D eigenvalue weighted by Gasteiger charge is 2.22. The van der Waals surface area contributed by atoms with Gasteiger partial charge in [-0.3, -0.25) is 4.79 Å². The van der Waals surface area contributed by atoms with Crippen molar-refractivity contribution < 1.29 is 13.6 Å². The molecule has 0 aliphatic carbocycles. The number of nitrogens with zero attached hydrogens (tertiary/aromatic N) is 2. The predicted molar refractivity (Wildman–Crippen MR) is 60.5 cm³/mol. The zero-order valence-electron chi connectivity index (χ0n) is 9.78. The maximum Gasteiger partial charge on any atom is 0.257 e. The standard InChI is InChI=1S/C12H14F2N2O/c1-4-7-16(8(2)3)12(17)9-5-6-15-11(14)10(9)13/h4-6,8H,1,7H2,2-3H3. The van der Waals surface area contributed by atoms with Crippen molar-refractivity contribution in [1.29, 1.82) is 0 Å². The SMILES string of the molecule is C=CCN(C(=O)c1ccnc(F)c1F)C(C)C. The number of pyridine rings is 1. The van der Waals surface area contributed by atoms with Crippen LogP contribution in [0.4, 0.5) is 8.78 Å². The van der Waals surface area contributed by atoms with Crippen LogP contribution >= 0.6 is 0 Å². The lowest BCUT2D eigenvalue weighted by Gasteiger charge is -2.25. The van der Waals surface area contributed by atoms with Gasteiger partial charge < -0.3 is 4.90 Å². The molecule has 0 N–H and O–H groups in total. The van der Waals surface area contributed by atoms with Crippen molar-refractivity contribution >= 4 is 5.91 Å². The van der Waals surface area contributed by atoms with E-state index in [9.17, 15) is 13.6 Å². The number of rotatable bonds is 4. The maximum atomic E-state index is 13.4. The summed E-state index contributed by atoms with van der Waals surface area (Å²) >= 11 is 0. The summed E-state index contributed by atoms with van der Waals surface area (Å²) in [6.45, 7) is 7.38. The molecular weight excluding hydrogens is 226 g/mol. The Kier molecular flexibility index (Phi) is 4.31. The lowest BCUT2D eigenvalue weighted by Crippen LogP contribution is -2.37. The van der Waals surface area contributed by atoms with Gasteiger partial charge in [0, 0.05) is 18.8 Å². The second kappa shape index (κ2) is 5.52. The lowest BCUT2D eigenvalue weighted by molar-refractivity contribution is 0.0722. The Labute approximate surface area is 98.8 Å². The summed E-state index contributed by atoms with van der Waals surface area (Å²) in [7, 11) is 0. The molecule has 17 heavy (non-hydrogen) atoms. The van der Waals surface area contributed by atoms with Gasteiger partial charge in [-0.25, -0.2) is 9.37 Å². The van der Waals surface area contributed by atoms with Gasteiger partial charge in [-0.1, -0.05) is 6.08 Å². The molecule has 3 nitrogen and oxygen atoms in total. The van der Waals surface area contributed by atoms with Crippen LogP contribution in [0.2, 0.25) is 0 Å². The van der Waals surface area contributed by atoms with Gasteiger partial charge in [0.05, 0.1) is 5.56 Å². The molecule has 0 spiro atoms. The highest BCUT2D eigenvalue weighted by molar-refractivity contribution is 5.94. The second-order valence-corrected chi connectivity index (χ2v) is 3.80. The molecule has 1 aromatic rings. The average molecular weight is 240 g/mol. The summed E-state index contributed by atoms with van der Waals surface area (Å²) in [6, 6.07) is 1.04. The Bertz CT molecular complexity index is 433. The molecule has 1 rings (SSSR count). The van der Waals surface area contributed by atoms with Gasteiger partial charge in [-0.2, -0.15) is 4.39 Å². The average Bonchev–Trinajstić information content (AvgIpc) is 2.28. The molecule has 1 amide bonds. The van der Waals surface area contributed by atoms with E-state index >= 15 is 0 Å². The number of hydrogen-bond acceptors (Lipinski definition) is 2. The van der Waals surface area contributed by atoms with Crippen LogP contribution in [-0.2, 0) is 0 Å². The van der Waals surface area contributed by atoms with Crippen molar-refractivity contribution in [1.82, 2.24) is 9.88 Å². The van der Waals surface area contributed by atoms with Crippen LogP contribution in [0, 0.1) is 11.8 Å². The summed E-state index contributed by atoms with van der Waals surface area (Å²) in [5, 5.41) is 0. The Morgan fingerprint density at radius 1 is 1.59 bits per heavy atom. The normalized spacial score (nSPS) is 10.4. The molecule has 0 aliphatic rings. The molecule has 0 atom stereocenters. The third-order valence-electron chi connectivity index (χ3n) is 2.29. The molecule has 0 bridgehead atoms. The molecule has 92 valence electrons. The quantitative estimate of drug-likeness (QED) is 0.598. The number of amides is 1. The first-order valence-corrected chi connectivity index (χ1v) is 5.21. The summed E-state index contributed by atoms with van der Waals surface area (Å²) in [5.41, 5.74) is -0.312. The van der Waals surface area contributed by atoms with Crippen LogP contribution in [0.25, 0.3) is 0 Å². The fourth-order valence-electron chi connectivity index (χ4n) is 1.41. The predicted octanol–water partition coefficient (Wildman–Crippen LogP) is 2.40. The molecule has 5 heteroatoms. The summed E-state index contributed by atoms with van der Waals surface area (Å²) in [5.74, 6) is -3.05. The van der Waals surface area contributed by atoms with Crippen LogP contribution in [0.5, 0.6) is 0 Å². The third-order valence-corrected chi connectivity index (χ3v) is 2.29. The highest BCUT2D eigenvalue weighted by Crippen LogP contribution is 2.13. The second-order valence-electron chi connectivity index (χ2n) is 3.80. The molecule has 1 aromatic heterocycles. The van der Waals surface area contributed by atoms with Gasteiger partial charge in [0.25, 0.3) is 5.91 Å². The highest BCUT2D eigenvalue weighted by atomic mass is 19.2. The van der Waals surface area contributed by atoms with Crippen molar-refractivity contribution in [3.8, 4) is 0 Å². The van der Waals surface area contributed by atoms with E-state index in [1.165, 1.54) is 17.0 Å². The van der Waals surface area contributed by atoms with Crippen molar-refractivity contribution in [3.05, 3.63) is 42.2 Å². The maximum absolute atomic E-state index is 13.4. The van der Waals surface area contributed by atoms with E-state index in [1.54, 1.807) is 13.8 Å². The molecule has 0 aromatic carbocycles. The first-order chi connectivity index (χ1) is 7.99. The first kappa shape index (κ1) is 13.3. The molecule has 0 saturated heterocycles. The van der Waals surface area contributed by atoms with Gasteiger partial charge in [0.2, 0.25) is 5.95 Å². The number of carbonyl (C=O) groups is 1. The Morgan fingerprint density at radius 3 is 2.76 bits per heavy atom. The van der Waals surface area contributed by atoms with E-state index in [0.717, 1.165) is 6.20 Å². The van der Waals surface area contributed by atoms with E-state index in [-0.39, 0.29) is 18.2 Å². The summed E-state index contributed by atoms with van der Waals surface area (Å²) in [6.07, 6.45) is 2.60. The van der Waals surface area contributed by atoms with Crippen molar-refractivity contribution in [2.45, 2.75) is 19.9 Å². The van der Waals surface area contributed by atoms with Crippen molar-refractivity contribution in [2.24, 2.45) is 0 Å². The summed E-state index contributed by atoms with van der Waals surface area (Å²) in [4.78, 5) is 16.5. The Morgan fingerprint density at radius 2 is 2.24 bits per heavy atom. The monoisotopic (exact) mass is 240 g/mol. The molecule has 0 saturated carbocycles. The van der Waals surface area contributed by atoms with Crippen molar-refractivity contribution in [3.63, 3.8) is 0 Å². The van der Waals surface area contributed by atoms with Gasteiger partial charge in [-0.05, 0) is 19.9 Å². The molecule has 0 fully saturated rings. The third kappa shape index (κ3) is 2.87. The fraction of sp³-hybridized carbons (Fsp3) is 0.333. The van der Waals surface area contributed by atoms with Crippen LogP contribution < -0.4 is 0 Å². The van der Waals surface area contributed by atoms with E-state index in [4.69, 9.17) is 0 Å².